The number of nitrogens with two attached hydrogens (primary N) is 1. The highest BCUT2D eigenvalue weighted by molar-refractivity contribution is 5.89. The first-order valence-corrected chi connectivity index (χ1v) is 7.24. The Bertz CT molecular complexity index is 385. The summed E-state index contributed by atoms with van der Waals surface area (Å²) in [6.45, 7) is 2.22. The van der Waals surface area contributed by atoms with Crippen molar-refractivity contribution in [3.05, 3.63) is 18.2 Å². The second kappa shape index (κ2) is 11.5. The summed E-state index contributed by atoms with van der Waals surface area (Å²) in [4.78, 5) is 15.7. The van der Waals surface area contributed by atoms with Crippen LogP contribution in [0.4, 0.5) is 11.6 Å². The standard InChI is InChI=1S/C15H25N3O.ClH/c1-2-3-4-5-6-7-8-12-15(19)18-14-11-9-10-13(16)17-14;/h9-11H,2-8,12H2,1H3,(H3,16,17,18,19);1H. The molecule has 1 amide bonds. The van der Waals surface area contributed by atoms with Gasteiger partial charge in [0.05, 0.1) is 0 Å². The quantitative estimate of drug-likeness (QED) is 0.673. The largest absolute Gasteiger partial charge is 0.384 e. The van der Waals surface area contributed by atoms with Crippen LogP contribution in [-0.2, 0) is 4.79 Å². The first-order valence-electron chi connectivity index (χ1n) is 7.24. The highest BCUT2D eigenvalue weighted by atomic mass is 35.5. The molecule has 0 aliphatic rings. The number of amides is 1. The van der Waals surface area contributed by atoms with Crippen molar-refractivity contribution in [3.8, 4) is 0 Å². The molecule has 114 valence electrons. The van der Waals surface area contributed by atoms with Gasteiger partial charge in [0.1, 0.15) is 11.6 Å². The summed E-state index contributed by atoms with van der Waals surface area (Å²) in [7, 11) is 0. The first-order chi connectivity index (χ1) is 9.22. The van der Waals surface area contributed by atoms with Crippen LogP contribution in [0.1, 0.15) is 58.3 Å². The van der Waals surface area contributed by atoms with Crippen LogP contribution < -0.4 is 11.1 Å². The predicted octanol–water partition coefficient (Wildman–Crippen LogP) is 4.16. The zero-order chi connectivity index (χ0) is 13.9. The third kappa shape index (κ3) is 8.75. The predicted molar refractivity (Wildman–Crippen MR) is 87.1 cm³/mol. The smallest absolute Gasteiger partial charge is 0.225 e. The number of carbonyl (C=O) groups excluding carboxylic acids is 1. The topological polar surface area (TPSA) is 68.0 Å². The Morgan fingerprint density at radius 3 is 2.45 bits per heavy atom. The molecule has 0 saturated carbocycles. The normalized spacial score (nSPS) is 9.85. The highest BCUT2D eigenvalue weighted by Crippen LogP contribution is 2.10. The molecular formula is C15H26ClN3O. The van der Waals surface area contributed by atoms with Gasteiger partial charge >= 0.3 is 0 Å². The minimum atomic E-state index is 0. The molecule has 1 rings (SSSR count). The van der Waals surface area contributed by atoms with Crippen molar-refractivity contribution >= 4 is 29.9 Å². The molecular weight excluding hydrogens is 274 g/mol. The van der Waals surface area contributed by atoms with E-state index in [0.29, 0.717) is 18.1 Å². The number of aromatic nitrogens is 1. The van der Waals surface area contributed by atoms with E-state index in [0.717, 1.165) is 12.8 Å². The molecule has 1 heterocycles. The summed E-state index contributed by atoms with van der Waals surface area (Å²) in [5, 5.41) is 2.76. The third-order valence-corrected chi connectivity index (χ3v) is 3.05. The third-order valence-electron chi connectivity index (χ3n) is 3.05. The molecule has 0 bridgehead atoms. The van der Waals surface area contributed by atoms with Crippen molar-refractivity contribution in [2.75, 3.05) is 11.1 Å². The fraction of sp³-hybridized carbons (Fsp3) is 0.600. The van der Waals surface area contributed by atoms with Crippen molar-refractivity contribution in [3.63, 3.8) is 0 Å². The van der Waals surface area contributed by atoms with E-state index in [-0.39, 0.29) is 18.3 Å². The van der Waals surface area contributed by atoms with Gasteiger partial charge in [0.15, 0.2) is 0 Å². The highest BCUT2D eigenvalue weighted by Gasteiger charge is 2.03. The maximum Gasteiger partial charge on any atom is 0.225 e. The number of halogens is 1. The van der Waals surface area contributed by atoms with Gasteiger partial charge in [-0.25, -0.2) is 4.98 Å². The van der Waals surface area contributed by atoms with Crippen LogP contribution >= 0.6 is 12.4 Å². The lowest BCUT2D eigenvalue weighted by Crippen LogP contribution is -2.12. The van der Waals surface area contributed by atoms with Gasteiger partial charge in [0.25, 0.3) is 0 Å². The minimum Gasteiger partial charge on any atom is -0.384 e. The second-order valence-corrected chi connectivity index (χ2v) is 4.87. The summed E-state index contributed by atoms with van der Waals surface area (Å²) in [6, 6.07) is 5.23. The lowest BCUT2D eigenvalue weighted by Gasteiger charge is -2.05. The molecule has 1 aromatic heterocycles. The molecule has 0 atom stereocenters. The lowest BCUT2D eigenvalue weighted by atomic mass is 10.1. The van der Waals surface area contributed by atoms with E-state index in [1.807, 2.05) is 0 Å². The van der Waals surface area contributed by atoms with Crippen LogP contribution in [0, 0.1) is 0 Å². The van der Waals surface area contributed by atoms with Crippen molar-refractivity contribution in [2.24, 2.45) is 0 Å². The number of anilines is 2. The Labute approximate surface area is 128 Å². The molecule has 5 heteroatoms. The molecule has 0 aliphatic heterocycles. The molecule has 4 nitrogen and oxygen atoms in total. The van der Waals surface area contributed by atoms with Gasteiger partial charge in [-0.15, -0.1) is 12.4 Å². The van der Waals surface area contributed by atoms with E-state index in [4.69, 9.17) is 5.73 Å². The Morgan fingerprint density at radius 2 is 1.80 bits per heavy atom. The van der Waals surface area contributed by atoms with Gasteiger partial charge in [0.2, 0.25) is 5.91 Å². The van der Waals surface area contributed by atoms with Crippen molar-refractivity contribution in [1.82, 2.24) is 4.98 Å². The van der Waals surface area contributed by atoms with Crippen LogP contribution in [0.25, 0.3) is 0 Å². The monoisotopic (exact) mass is 299 g/mol. The molecule has 1 aromatic rings. The number of nitrogens with one attached hydrogen (secondary N) is 1. The van der Waals surface area contributed by atoms with E-state index < -0.39 is 0 Å². The van der Waals surface area contributed by atoms with Gasteiger partial charge in [-0.1, -0.05) is 51.5 Å². The maximum absolute atomic E-state index is 11.7. The van der Waals surface area contributed by atoms with E-state index in [1.165, 1.54) is 32.1 Å². The summed E-state index contributed by atoms with van der Waals surface area (Å²) in [6.07, 6.45) is 9.05. The Kier molecular flexibility index (Phi) is 10.8. The van der Waals surface area contributed by atoms with E-state index >= 15 is 0 Å². The van der Waals surface area contributed by atoms with Crippen LogP contribution in [0.2, 0.25) is 0 Å². The summed E-state index contributed by atoms with van der Waals surface area (Å²) < 4.78 is 0. The van der Waals surface area contributed by atoms with Crippen LogP contribution in [0.15, 0.2) is 18.2 Å². The van der Waals surface area contributed by atoms with Gasteiger partial charge in [0, 0.05) is 6.42 Å². The number of pyridine rings is 1. The van der Waals surface area contributed by atoms with Crippen molar-refractivity contribution < 1.29 is 4.79 Å². The molecule has 0 saturated heterocycles. The molecule has 3 N–H and O–H groups in total. The van der Waals surface area contributed by atoms with Crippen LogP contribution in [0.5, 0.6) is 0 Å². The number of hydrogen-bond donors (Lipinski definition) is 2. The lowest BCUT2D eigenvalue weighted by molar-refractivity contribution is -0.116. The average molecular weight is 300 g/mol. The van der Waals surface area contributed by atoms with Crippen LogP contribution in [0.3, 0.4) is 0 Å². The molecule has 0 fully saturated rings. The zero-order valence-electron chi connectivity index (χ0n) is 12.2. The molecule has 20 heavy (non-hydrogen) atoms. The van der Waals surface area contributed by atoms with Crippen LogP contribution in [-0.4, -0.2) is 10.9 Å². The minimum absolute atomic E-state index is 0. The molecule has 0 spiro atoms. The SMILES string of the molecule is CCCCCCCCCC(=O)Nc1cccc(N)n1.Cl. The fourth-order valence-corrected chi connectivity index (χ4v) is 1.97. The second-order valence-electron chi connectivity index (χ2n) is 4.87. The summed E-state index contributed by atoms with van der Waals surface area (Å²) in [5.74, 6) is 0.980. The van der Waals surface area contributed by atoms with Gasteiger partial charge < -0.3 is 11.1 Å². The molecule has 0 aromatic carbocycles. The number of nitrogens with zero attached hydrogens (tertiary/aromatic N) is 1. The number of hydrogen-bond acceptors (Lipinski definition) is 3. The Morgan fingerprint density at radius 1 is 1.15 bits per heavy atom. The van der Waals surface area contributed by atoms with Gasteiger partial charge in [-0.3, -0.25) is 4.79 Å². The van der Waals surface area contributed by atoms with Gasteiger partial charge in [-0.2, -0.15) is 0 Å². The maximum atomic E-state index is 11.7. The Hall–Kier alpha value is -1.29. The zero-order valence-corrected chi connectivity index (χ0v) is 13.0. The molecule has 0 aliphatic carbocycles. The Balaban J connectivity index is 0.00000361. The first kappa shape index (κ1) is 18.7. The van der Waals surface area contributed by atoms with Gasteiger partial charge in [-0.05, 0) is 18.6 Å². The average Bonchev–Trinajstić information content (AvgIpc) is 2.37. The summed E-state index contributed by atoms with van der Waals surface area (Å²) >= 11 is 0. The molecule has 0 unspecified atom stereocenters. The molecule has 0 radical (unpaired) electrons. The van der Waals surface area contributed by atoms with E-state index in [2.05, 4.69) is 17.2 Å². The fourth-order valence-electron chi connectivity index (χ4n) is 1.97. The van der Waals surface area contributed by atoms with Crippen molar-refractivity contribution in [2.45, 2.75) is 58.3 Å². The summed E-state index contributed by atoms with van der Waals surface area (Å²) in [5.41, 5.74) is 5.55. The number of rotatable bonds is 9. The van der Waals surface area contributed by atoms with E-state index in [1.54, 1.807) is 18.2 Å². The number of carbonyl (C=O) groups is 1. The van der Waals surface area contributed by atoms with E-state index in [9.17, 15) is 4.79 Å². The number of nitrogen functional groups attached to an aromatic ring is 1. The van der Waals surface area contributed by atoms with Crippen molar-refractivity contribution in [1.29, 1.82) is 0 Å². The number of unbranched alkanes of at least 4 members (excludes halogenated alkanes) is 6.